The van der Waals surface area contributed by atoms with Gasteiger partial charge in [0.2, 0.25) is 0 Å². The van der Waals surface area contributed by atoms with Crippen molar-refractivity contribution >= 4 is 19.3 Å². The van der Waals surface area contributed by atoms with Crippen molar-refractivity contribution in [1.82, 2.24) is 9.71 Å². The van der Waals surface area contributed by atoms with Crippen molar-refractivity contribution in [2.24, 2.45) is 0 Å². The van der Waals surface area contributed by atoms with E-state index in [9.17, 15) is 17.4 Å². The minimum Gasteiger partial charge on any atom is -0.483 e. The maximum Gasteiger partial charge on any atom is 0.422 e. The smallest absolute Gasteiger partial charge is 0.422 e. The summed E-state index contributed by atoms with van der Waals surface area (Å²) in [5, 5.41) is 0.0693. The zero-order valence-corrected chi connectivity index (χ0v) is 21.0. The summed E-state index contributed by atoms with van der Waals surface area (Å²) >= 11 is 0. The summed E-state index contributed by atoms with van der Waals surface area (Å²) in [5.74, 6) is 0.0318. The molecule has 1 rings (SSSR count). The van der Waals surface area contributed by atoms with E-state index in [1.807, 2.05) is 20.8 Å². The van der Waals surface area contributed by atoms with E-state index in [1.165, 1.54) is 12.3 Å². The van der Waals surface area contributed by atoms with Gasteiger partial charge in [-0.05, 0) is 57.5 Å². The first-order valence-corrected chi connectivity index (χ1v) is 14.0. The highest BCUT2D eigenvalue weighted by atomic mass is 32.2. The molecular formula is C20H35F3N2O3SSi. The number of alkyl halides is 3. The lowest BCUT2D eigenvalue weighted by molar-refractivity contribution is -0.153. The molecule has 1 aromatic heterocycles. The molecule has 0 fully saturated rings. The molecule has 0 aliphatic rings. The normalized spacial score (nSPS) is 15.7. The molecular weight excluding hydrogens is 433 g/mol. The van der Waals surface area contributed by atoms with Crippen LogP contribution >= 0.6 is 0 Å². The van der Waals surface area contributed by atoms with Gasteiger partial charge in [0.15, 0.2) is 14.9 Å². The van der Waals surface area contributed by atoms with Gasteiger partial charge in [-0.3, -0.25) is 4.98 Å². The first-order valence-electron chi connectivity index (χ1n) is 9.90. The molecule has 5 nitrogen and oxygen atoms in total. The van der Waals surface area contributed by atoms with E-state index in [0.717, 1.165) is 0 Å². The highest BCUT2D eigenvalue weighted by Gasteiger charge is 2.37. The van der Waals surface area contributed by atoms with E-state index in [2.05, 4.69) is 43.6 Å². The number of hydrogen-bond donors (Lipinski definition) is 1. The van der Waals surface area contributed by atoms with Gasteiger partial charge in [0.1, 0.15) is 5.75 Å². The third-order valence-electron chi connectivity index (χ3n) is 5.00. The molecule has 0 saturated heterocycles. The summed E-state index contributed by atoms with van der Waals surface area (Å²) in [6.07, 6.45) is -2.62. The predicted molar refractivity (Wildman–Crippen MR) is 117 cm³/mol. The first kappa shape index (κ1) is 27.1. The lowest BCUT2D eigenvalue weighted by Crippen LogP contribution is -2.42. The zero-order chi connectivity index (χ0) is 23.4. The van der Waals surface area contributed by atoms with Gasteiger partial charge in [-0.15, -0.1) is 0 Å². The van der Waals surface area contributed by atoms with Crippen LogP contribution in [-0.2, 0) is 15.4 Å². The Morgan fingerprint density at radius 3 is 2.17 bits per heavy atom. The topological polar surface area (TPSA) is 60.5 Å². The molecule has 174 valence electrons. The second-order valence-electron chi connectivity index (χ2n) is 9.77. The van der Waals surface area contributed by atoms with Crippen molar-refractivity contribution in [1.29, 1.82) is 0 Å². The SMILES string of the molecule is CC(C)(C)S(=O)N[C@@H](CCO[Si](C)(C)C(C)(C)C)c1ccc(OCC(F)(F)F)cn1. The molecule has 0 saturated carbocycles. The Balaban J connectivity index is 2.92. The highest BCUT2D eigenvalue weighted by molar-refractivity contribution is 7.84. The molecule has 0 aromatic carbocycles. The molecule has 0 aliphatic heterocycles. The van der Waals surface area contributed by atoms with Crippen LogP contribution in [0.4, 0.5) is 13.2 Å². The average Bonchev–Trinajstić information content (AvgIpc) is 2.57. The minimum atomic E-state index is -4.41. The Morgan fingerprint density at radius 1 is 1.13 bits per heavy atom. The molecule has 0 radical (unpaired) electrons. The first-order chi connectivity index (χ1) is 13.4. The van der Waals surface area contributed by atoms with E-state index >= 15 is 0 Å². The molecule has 1 heterocycles. The number of pyridine rings is 1. The van der Waals surface area contributed by atoms with Crippen LogP contribution in [0, 0.1) is 0 Å². The quantitative estimate of drug-likeness (QED) is 0.484. The van der Waals surface area contributed by atoms with Crippen molar-refractivity contribution in [3.05, 3.63) is 24.0 Å². The van der Waals surface area contributed by atoms with Crippen LogP contribution in [0.5, 0.6) is 5.75 Å². The number of hydrogen-bond acceptors (Lipinski definition) is 4. The second kappa shape index (κ2) is 10.1. The van der Waals surface area contributed by atoms with Gasteiger partial charge in [0.05, 0.1) is 33.7 Å². The fourth-order valence-corrected chi connectivity index (χ4v) is 3.98. The summed E-state index contributed by atoms with van der Waals surface area (Å²) in [6, 6.07) is 2.67. The fourth-order valence-electron chi connectivity index (χ4n) is 2.07. The summed E-state index contributed by atoms with van der Waals surface area (Å²) < 4.78 is 63.2. The van der Waals surface area contributed by atoms with Crippen LogP contribution < -0.4 is 9.46 Å². The van der Waals surface area contributed by atoms with E-state index in [0.29, 0.717) is 18.7 Å². The largest absolute Gasteiger partial charge is 0.483 e. The van der Waals surface area contributed by atoms with Crippen molar-refractivity contribution in [2.45, 2.75) is 83.1 Å². The van der Waals surface area contributed by atoms with Gasteiger partial charge < -0.3 is 9.16 Å². The van der Waals surface area contributed by atoms with E-state index in [1.54, 1.807) is 6.07 Å². The summed E-state index contributed by atoms with van der Waals surface area (Å²) in [5.41, 5.74) is 0.575. The molecule has 1 unspecified atom stereocenters. The van der Waals surface area contributed by atoms with Gasteiger partial charge in [0.25, 0.3) is 0 Å². The molecule has 0 aliphatic carbocycles. The Labute approximate surface area is 181 Å². The van der Waals surface area contributed by atoms with Crippen LogP contribution in [0.3, 0.4) is 0 Å². The zero-order valence-electron chi connectivity index (χ0n) is 19.1. The van der Waals surface area contributed by atoms with E-state index in [4.69, 9.17) is 9.16 Å². The Kier molecular flexibility index (Phi) is 9.11. The Hall–Kier alpha value is -0.973. The number of nitrogens with one attached hydrogen (secondary N) is 1. The predicted octanol–water partition coefficient (Wildman–Crippen LogP) is 5.53. The third kappa shape index (κ3) is 9.03. The van der Waals surface area contributed by atoms with Crippen LogP contribution in [0.1, 0.15) is 59.7 Å². The summed E-state index contributed by atoms with van der Waals surface area (Å²) in [7, 11) is -3.28. The van der Waals surface area contributed by atoms with Gasteiger partial charge in [-0.25, -0.2) is 8.93 Å². The average molecular weight is 469 g/mol. The monoisotopic (exact) mass is 468 g/mol. The van der Waals surface area contributed by atoms with Crippen LogP contribution in [0.15, 0.2) is 18.3 Å². The third-order valence-corrected chi connectivity index (χ3v) is 11.1. The number of aromatic nitrogens is 1. The maximum atomic E-state index is 12.6. The molecule has 30 heavy (non-hydrogen) atoms. The fraction of sp³-hybridized carbons (Fsp3) is 0.750. The van der Waals surface area contributed by atoms with Crippen molar-refractivity contribution in [2.75, 3.05) is 13.2 Å². The standard InChI is InChI=1S/C20H35F3N2O3SSi/c1-18(2,3)29(26)25-17(11-12-28-30(7,8)19(4,5)6)16-10-9-15(13-24-16)27-14-20(21,22)23/h9-10,13,17,25H,11-12,14H2,1-8H3/t17-,29?/m0/s1. The summed E-state index contributed by atoms with van der Waals surface area (Å²) in [4.78, 5) is 4.25. The van der Waals surface area contributed by atoms with Crippen molar-refractivity contribution < 1.29 is 26.5 Å². The van der Waals surface area contributed by atoms with Gasteiger partial charge in [-0.2, -0.15) is 13.2 Å². The minimum absolute atomic E-state index is 0.0318. The Bertz CT molecular complexity index is 699. The van der Waals surface area contributed by atoms with E-state index in [-0.39, 0.29) is 16.8 Å². The van der Waals surface area contributed by atoms with Crippen LogP contribution in [0.25, 0.3) is 0 Å². The highest BCUT2D eigenvalue weighted by Crippen LogP contribution is 2.37. The van der Waals surface area contributed by atoms with Crippen molar-refractivity contribution in [3.63, 3.8) is 0 Å². The summed E-state index contributed by atoms with van der Waals surface area (Å²) in [6.45, 7) is 15.5. The molecule has 1 aromatic rings. The van der Waals surface area contributed by atoms with Crippen molar-refractivity contribution in [3.8, 4) is 5.75 Å². The van der Waals surface area contributed by atoms with E-state index < -0.39 is 36.8 Å². The number of rotatable bonds is 9. The second-order valence-corrected chi connectivity index (χ2v) is 16.6. The maximum absolute atomic E-state index is 12.6. The lowest BCUT2D eigenvalue weighted by Gasteiger charge is -2.36. The molecule has 1 N–H and O–H groups in total. The van der Waals surface area contributed by atoms with Gasteiger partial charge >= 0.3 is 6.18 Å². The number of halogens is 3. The molecule has 0 spiro atoms. The number of nitrogens with zero attached hydrogens (tertiary/aromatic N) is 1. The van der Waals surface area contributed by atoms with Crippen LogP contribution in [-0.4, -0.2) is 41.6 Å². The van der Waals surface area contributed by atoms with Crippen LogP contribution in [0.2, 0.25) is 18.1 Å². The van der Waals surface area contributed by atoms with Gasteiger partial charge in [0, 0.05) is 6.61 Å². The molecule has 10 heteroatoms. The lowest BCUT2D eigenvalue weighted by atomic mass is 10.1. The van der Waals surface area contributed by atoms with Gasteiger partial charge in [-0.1, -0.05) is 20.8 Å². The Morgan fingerprint density at radius 2 is 1.73 bits per heavy atom. The molecule has 2 atom stereocenters. The molecule has 0 amide bonds. The molecule has 0 bridgehead atoms. The number of ether oxygens (including phenoxy) is 1.